The van der Waals surface area contributed by atoms with Gasteiger partial charge in [-0.2, -0.15) is 4.68 Å². The van der Waals surface area contributed by atoms with Crippen molar-refractivity contribution in [2.75, 3.05) is 20.2 Å². The van der Waals surface area contributed by atoms with Gasteiger partial charge < -0.3 is 18.8 Å². The van der Waals surface area contributed by atoms with Crippen molar-refractivity contribution in [3.8, 4) is 22.9 Å². The fourth-order valence-electron chi connectivity index (χ4n) is 3.58. The molecule has 5 rings (SSSR count). The maximum absolute atomic E-state index is 13.6. The van der Waals surface area contributed by atoms with Gasteiger partial charge >= 0.3 is 0 Å². The number of furan rings is 1. The third kappa shape index (κ3) is 4.33. The lowest BCUT2D eigenvalue weighted by molar-refractivity contribution is -0.125. The Morgan fingerprint density at radius 1 is 1.09 bits per heavy atom. The van der Waals surface area contributed by atoms with Crippen LogP contribution in [0.5, 0.6) is 11.5 Å². The highest BCUT2D eigenvalue weighted by Gasteiger charge is 2.27. The Bertz CT molecular complexity index is 1270. The summed E-state index contributed by atoms with van der Waals surface area (Å²) in [7, 11) is 1.70. The van der Waals surface area contributed by atoms with E-state index in [1.807, 2.05) is 54.6 Å². The minimum Gasteiger partial charge on any atom is -0.486 e. The van der Waals surface area contributed by atoms with Gasteiger partial charge in [0.25, 0.3) is 5.91 Å². The van der Waals surface area contributed by atoms with Crippen molar-refractivity contribution < 1.29 is 18.7 Å². The molecule has 166 valence electrons. The van der Waals surface area contributed by atoms with E-state index in [4.69, 9.17) is 13.9 Å². The van der Waals surface area contributed by atoms with E-state index in [1.54, 1.807) is 36.4 Å². The maximum Gasteiger partial charge on any atom is 0.272 e. The SMILES string of the molecule is CN(CC1COc2ccccc2O1)C(=O)/C(=C\c1ccco1)n1nnnc1-c1ccccc1. The summed E-state index contributed by atoms with van der Waals surface area (Å²) in [6.07, 6.45) is 2.84. The van der Waals surface area contributed by atoms with Gasteiger partial charge in [0.15, 0.2) is 23.4 Å². The third-order valence-electron chi connectivity index (χ3n) is 5.16. The Hall–Kier alpha value is -4.40. The number of amides is 1. The molecular weight excluding hydrogens is 422 g/mol. The molecule has 0 saturated heterocycles. The number of nitrogens with zero attached hydrogens (tertiary/aromatic N) is 5. The van der Waals surface area contributed by atoms with Crippen LogP contribution in [-0.4, -0.2) is 57.3 Å². The summed E-state index contributed by atoms with van der Waals surface area (Å²) in [5, 5.41) is 12.0. The number of carbonyl (C=O) groups is 1. The molecule has 1 atom stereocenters. The highest BCUT2D eigenvalue weighted by atomic mass is 16.6. The lowest BCUT2D eigenvalue weighted by atomic mass is 10.2. The van der Waals surface area contributed by atoms with Crippen LogP contribution in [-0.2, 0) is 4.79 Å². The minimum atomic E-state index is -0.318. The van der Waals surface area contributed by atoms with Crippen molar-refractivity contribution in [3.05, 3.63) is 78.8 Å². The molecule has 4 aromatic rings. The molecule has 0 bridgehead atoms. The summed E-state index contributed by atoms with van der Waals surface area (Å²) in [6, 6.07) is 20.4. The fraction of sp³-hybridized carbons (Fsp3) is 0.167. The Balaban J connectivity index is 1.42. The first-order valence-corrected chi connectivity index (χ1v) is 10.4. The van der Waals surface area contributed by atoms with E-state index in [1.165, 1.54) is 4.68 Å². The summed E-state index contributed by atoms with van der Waals surface area (Å²) in [5.74, 6) is 2.02. The van der Waals surface area contributed by atoms with Crippen LogP contribution in [0.3, 0.4) is 0 Å². The third-order valence-corrected chi connectivity index (χ3v) is 5.16. The average molecular weight is 443 g/mol. The number of aromatic nitrogens is 4. The molecule has 0 fully saturated rings. The molecule has 33 heavy (non-hydrogen) atoms. The molecule has 1 unspecified atom stereocenters. The number of benzene rings is 2. The molecule has 1 amide bonds. The lowest BCUT2D eigenvalue weighted by Crippen LogP contribution is -2.42. The van der Waals surface area contributed by atoms with Crippen LogP contribution in [0.25, 0.3) is 23.2 Å². The molecule has 0 aliphatic carbocycles. The predicted molar refractivity (Wildman–Crippen MR) is 120 cm³/mol. The van der Waals surface area contributed by atoms with E-state index < -0.39 is 0 Å². The normalized spacial score (nSPS) is 15.3. The summed E-state index contributed by atoms with van der Waals surface area (Å²) in [6.45, 7) is 0.650. The highest BCUT2D eigenvalue weighted by Crippen LogP contribution is 2.31. The second-order valence-electron chi connectivity index (χ2n) is 7.51. The summed E-state index contributed by atoms with van der Waals surface area (Å²) in [4.78, 5) is 15.1. The zero-order valence-corrected chi connectivity index (χ0v) is 17.9. The summed E-state index contributed by atoms with van der Waals surface area (Å²) >= 11 is 0. The van der Waals surface area contributed by atoms with Gasteiger partial charge in [-0.05, 0) is 34.7 Å². The lowest BCUT2D eigenvalue weighted by Gasteiger charge is -2.29. The van der Waals surface area contributed by atoms with Gasteiger partial charge in [0.2, 0.25) is 0 Å². The van der Waals surface area contributed by atoms with Crippen LogP contribution < -0.4 is 9.47 Å². The zero-order chi connectivity index (χ0) is 22.6. The highest BCUT2D eigenvalue weighted by molar-refractivity contribution is 6.18. The molecule has 9 nitrogen and oxygen atoms in total. The van der Waals surface area contributed by atoms with Gasteiger partial charge in [-0.15, -0.1) is 5.10 Å². The molecule has 0 N–H and O–H groups in total. The van der Waals surface area contributed by atoms with Crippen molar-refractivity contribution in [1.82, 2.24) is 25.1 Å². The van der Waals surface area contributed by atoms with Crippen LogP contribution in [0.1, 0.15) is 5.76 Å². The van der Waals surface area contributed by atoms with Crippen LogP contribution in [0.15, 0.2) is 77.4 Å². The van der Waals surface area contributed by atoms with Crippen molar-refractivity contribution >= 4 is 17.7 Å². The van der Waals surface area contributed by atoms with Gasteiger partial charge in [0, 0.05) is 18.7 Å². The van der Waals surface area contributed by atoms with Crippen LogP contribution in [0, 0.1) is 0 Å². The maximum atomic E-state index is 13.6. The van der Waals surface area contributed by atoms with E-state index in [2.05, 4.69) is 15.5 Å². The fourth-order valence-corrected chi connectivity index (χ4v) is 3.58. The molecule has 9 heteroatoms. The number of para-hydroxylation sites is 2. The van der Waals surface area contributed by atoms with Crippen molar-refractivity contribution in [1.29, 1.82) is 0 Å². The Morgan fingerprint density at radius 3 is 2.67 bits per heavy atom. The van der Waals surface area contributed by atoms with Gasteiger partial charge in [-0.3, -0.25) is 4.79 Å². The number of carbonyl (C=O) groups excluding carboxylic acids is 1. The molecule has 2 aromatic carbocycles. The predicted octanol–water partition coefficient (Wildman–Crippen LogP) is 3.23. The Labute approximate surface area is 189 Å². The smallest absolute Gasteiger partial charge is 0.272 e. The quantitative estimate of drug-likeness (QED) is 0.422. The largest absolute Gasteiger partial charge is 0.486 e. The van der Waals surface area contributed by atoms with E-state index in [9.17, 15) is 4.79 Å². The van der Waals surface area contributed by atoms with Crippen molar-refractivity contribution in [2.45, 2.75) is 6.10 Å². The van der Waals surface area contributed by atoms with Gasteiger partial charge in [-0.1, -0.05) is 42.5 Å². The first-order chi connectivity index (χ1) is 16.2. The van der Waals surface area contributed by atoms with Crippen molar-refractivity contribution in [2.24, 2.45) is 0 Å². The Kier molecular flexibility index (Phi) is 5.59. The second-order valence-corrected chi connectivity index (χ2v) is 7.51. The monoisotopic (exact) mass is 443 g/mol. The van der Waals surface area contributed by atoms with Gasteiger partial charge in [0.1, 0.15) is 18.1 Å². The molecule has 1 aliphatic heterocycles. The average Bonchev–Trinajstić information content (AvgIpc) is 3.55. The van der Waals surface area contributed by atoms with E-state index in [-0.39, 0.29) is 17.7 Å². The van der Waals surface area contributed by atoms with Gasteiger partial charge in [-0.25, -0.2) is 0 Å². The first kappa shape index (κ1) is 20.5. The van der Waals surface area contributed by atoms with E-state index in [0.29, 0.717) is 36.2 Å². The standard InChI is InChI=1S/C24H21N5O4/c1-28(15-19-16-32-21-11-5-6-12-22(21)33-19)24(30)20(14-18-10-7-13-31-18)29-23(25-26-27-29)17-8-3-2-4-9-17/h2-14,19H,15-16H2,1H3/b20-14+. The topological polar surface area (TPSA) is 95.5 Å². The number of ether oxygens (including phenoxy) is 2. The number of hydrogen-bond donors (Lipinski definition) is 0. The molecular formula is C24H21N5O4. The molecule has 2 aromatic heterocycles. The number of rotatable bonds is 6. The molecule has 0 spiro atoms. The van der Waals surface area contributed by atoms with E-state index >= 15 is 0 Å². The van der Waals surface area contributed by atoms with Gasteiger partial charge in [0.05, 0.1) is 12.8 Å². The molecule has 3 heterocycles. The zero-order valence-electron chi connectivity index (χ0n) is 17.9. The molecule has 1 aliphatic rings. The summed E-state index contributed by atoms with van der Waals surface area (Å²) in [5.41, 5.74) is 1.03. The second kappa shape index (κ2) is 8.99. The van der Waals surface area contributed by atoms with E-state index in [0.717, 1.165) is 5.56 Å². The number of hydrogen-bond acceptors (Lipinski definition) is 7. The van der Waals surface area contributed by atoms with Crippen LogP contribution in [0.4, 0.5) is 0 Å². The minimum absolute atomic E-state index is 0.244. The molecule has 0 radical (unpaired) electrons. The van der Waals surface area contributed by atoms with Crippen LogP contribution >= 0.6 is 0 Å². The Morgan fingerprint density at radius 2 is 1.88 bits per heavy atom. The van der Waals surface area contributed by atoms with Crippen molar-refractivity contribution in [3.63, 3.8) is 0 Å². The number of fused-ring (bicyclic) bond motifs is 1. The first-order valence-electron chi connectivity index (χ1n) is 10.4. The number of tetrazole rings is 1. The molecule has 0 saturated carbocycles. The van der Waals surface area contributed by atoms with Crippen LogP contribution in [0.2, 0.25) is 0 Å². The summed E-state index contributed by atoms with van der Waals surface area (Å²) < 4.78 is 18.7. The number of likely N-dealkylation sites (N-methyl/N-ethyl adjacent to an activating group) is 1.